The summed E-state index contributed by atoms with van der Waals surface area (Å²) in [7, 11) is 3.23. The number of nitrogens with two attached hydrogens (primary N) is 1. The van der Waals surface area contributed by atoms with Gasteiger partial charge in [0.15, 0.2) is 23.0 Å². The average molecular weight is 439 g/mol. The van der Waals surface area contributed by atoms with Gasteiger partial charge >= 0.3 is 0 Å². The fraction of sp³-hybridized carbons (Fsp3) is 0.500. The van der Waals surface area contributed by atoms with Crippen molar-refractivity contribution in [3.63, 3.8) is 0 Å². The van der Waals surface area contributed by atoms with Crippen molar-refractivity contribution in [2.45, 2.75) is 63.7 Å². The van der Waals surface area contributed by atoms with Crippen molar-refractivity contribution in [3.05, 3.63) is 48.0 Å². The molecule has 0 amide bonds. The Morgan fingerprint density at radius 3 is 2.31 bits per heavy atom. The third kappa shape index (κ3) is 4.94. The maximum absolute atomic E-state index is 10.3. The van der Waals surface area contributed by atoms with Gasteiger partial charge in [0.1, 0.15) is 0 Å². The summed E-state index contributed by atoms with van der Waals surface area (Å²) in [5.74, 6) is 3.00. The van der Waals surface area contributed by atoms with E-state index in [4.69, 9.17) is 24.7 Å². The molecule has 0 bridgehead atoms. The van der Waals surface area contributed by atoms with Crippen LogP contribution in [0.2, 0.25) is 0 Å². The van der Waals surface area contributed by atoms with Crippen LogP contribution in [0, 0.1) is 17.2 Å². The second-order valence-corrected chi connectivity index (χ2v) is 8.46. The molecule has 6 heteroatoms. The summed E-state index contributed by atoms with van der Waals surface area (Å²) in [6.07, 6.45) is 3.47. The standard InChI is InChI=1S/C26H34N2O4/c1-5-18(2)26(17-27,19-12-13-21(29-3)24(15-19)30-4)14-8-9-20(28)16-25-31-22-10-6-7-11-23(22)32-25/h6-7,10-13,15,18,20,25H,5,8-9,14,16,28H2,1-4H3. The molecule has 3 atom stereocenters. The van der Waals surface area contributed by atoms with Crippen molar-refractivity contribution >= 4 is 0 Å². The molecular formula is C26H34N2O4. The van der Waals surface area contributed by atoms with E-state index in [9.17, 15) is 5.26 Å². The van der Waals surface area contributed by atoms with Crippen LogP contribution in [-0.2, 0) is 5.41 Å². The first kappa shape index (κ1) is 23.7. The quantitative estimate of drug-likeness (QED) is 0.519. The molecule has 2 aromatic carbocycles. The lowest BCUT2D eigenvalue weighted by atomic mass is 9.67. The number of ether oxygens (including phenoxy) is 4. The number of methoxy groups -OCH3 is 2. The second-order valence-electron chi connectivity index (χ2n) is 8.46. The molecule has 2 N–H and O–H groups in total. The van der Waals surface area contributed by atoms with E-state index in [0.29, 0.717) is 24.3 Å². The van der Waals surface area contributed by atoms with Gasteiger partial charge in [-0.05, 0) is 55.0 Å². The van der Waals surface area contributed by atoms with Crippen LogP contribution < -0.4 is 24.7 Å². The molecule has 0 fully saturated rings. The summed E-state index contributed by atoms with van der Waals surface area (Å²) in [6.45, 7) is 4.26. The van der Waals surface area contributed by atoms with Gasteiger partial charge in [-0.3, -0.25) is 0 Å². The van der Waals surface area contributed by atoms with Crippen molar-refractivity contribution < 1.29 is 18.9 Å². The molecule has 0 saturated carbocycles. The molecule has 3 rings (SSSR count). The van der Waals surface area contributed by atoms with Crippen LogP contribution in [0.4, 0.5) is 0 Å². The molecule has 0 saturated heterocycles. The van der Waals surface area contributed by atoms with Crippen molar-refractivity contribution in [1.82, 2.24) is 0 Å². The molecule has 1 heterocycles. The first-order valence-electron chi connectivity index (χ1n) is 11.3. The largest absolute Gasteiger partial charge is 0.493 e. The van der Waals surface area contributed by atoms with E-state index in [1.165, 1.54) is 0 Å². The summed E-state index contributed by atoms with van der Waals surface area (Å²) in [4.78, 5) is 0. The number of hydrogen-bond acceptors (Lipinski definition) is 6. The molecule has 6 nitrogen and oxygen atoms in total. The highest BCUT2D eigenvalue weighted by Crippen LogP contribution is 2.42. The smallest absolute Gasteiger partial charge is 0.243 e. The number of nitrogens with zero attached hydrogens (tertiary/aromatic N) is 1. The van der Waals surface area contributed by atoms with E-state index in [2.05, 4.69) is 19.9 Å². The Labute approximate surface area is 191 Å². The van der Waals surface area contributed by atoms with Crippen molar-refractivity contribution in [2.24, 2.45) is 11.7 Å². The fourth-order valence-electron chi connectivity index (χ4n) is 4.42. The third-order valence-corrected chi connectivity index (χ3v) is 6.56. The van der Waals surface area contributed by atoms with E-state index in [0.717, 1.165) is 36.3 Å². The van der Waals surface area contributed by atoms with Crippen LogP contribution in [0.15, 0.2) is 42.5 Å². The molecule has 2 aromatic rings. The van der Waals surface area contributed by atoms with Gasteiger partial charge in [0.25, 0.3) is 0 Å². The number of rotatable bonds is 11. The number of hydrogen-bond donors (Lipinski definition) is 1. The summed E-state index contributed by atoms with van der Waals surface area (Å²) < 4.78 is 22.5. The first-order valence-corrected chi connectivity index (χ1v) is 11.3. The minimum Gasteiger partial charge on any atom is -0.493 e. The zero-order chi connectivity index (χ0) is 23.1. The van der Waals surface area contributed by atoms with Gasteiger partial charge in [0.2, 0.25) is 6.29 Å². The van der Waals surface area contributed by atoms with Crippen LogP contribution in [0.5, 0.6) is 23.0 Å². The molecule has 0 spiro atoms. The molecule has 0 aromatic heterocycles. The predicted octanol–water partition coefficient (Wildman–Crippen LogP) is 5.20. The van der Waals surface area contributed by atoms with Crippen LogP contribution in [0.1, 0.15) is 51.5 Å². The highest BCUT2D eigenvalue weighted by atomic mass is 16.7. The zero-order valence-electron chi connectivity index (χ0n) is 19.5. The molecule has 172 valence electrons. The molecule has 0 radical (unpaired) electrons. The normalized spacial score (nSPS) is 16.6. The van der Waals surface area contributed by atoms with Crippen LogP contribution in [0.3, 0.4) is 0 Å². The van der Waals surface area contributed by atoms with Gasteiger partial charge in [-0.2, -0.15) is 5.26 Å². The van der Waals surface area contributed by atoms with Gasteiger partial charge < -0.3 is 24.7 Å². The summed E-state index contributed by atoms with van der Waals surface area (Å²) in [6, 6.07) is 16.0. The third-order valence-electron chi connectivity index (χ3n) is 6.56. The second kappa shape index (κ2) is 10.6. The first-order chi connectivity index (χ1) is 15.5. The number of benzene rings is 2. The van der Waals surface area contributed by atoms with E-state index < -0.39 is 5.41 Å². The minimum atomic E-state index is -0.620. The topological polar surface area (TPSA) is 86.7 Å². The SMILES string of the molecule is CCC(C)C(C#N)(CCCC(N)CC1Oc2ccccc2O1)c1ccc(OC)c(OC)c1. The van der Waals surface area contributed by atoms with Crippen molar-refractivity contribution in [1.29, 1.82) is 5.26 Å². The predicted molar refractivity (Wildman–Crippen MR) is 124 cm³/mol. The number of nitriles is 1. The maximum Gasteiger partial charge on any atom is 0.243 e. The molecule has 0 aliphatic carbocycles. The highest BCUT2D eigenvalue weighted by Gasteiger charge is 2.38. The molecule has 3 unspecified atom stereocenters. The van der Waals surface area contributed by atoms with Gasteiger partial charge in [-0.1, -0.05) is 38.5 Å². The van der Waals surface area contributed by atoms with E-state index in [1.807, 2.05) is 42.5 Å². The van der Waals surface area contributed by atoms with Gasteiger partial charge in [-0.15, -0.1) is 0 Å². The van der Waals surface area contributed by atoms with Gasteiger partial charge in [0.05, 0.1) is 25.7 Å². The van der Waals surface area contributed by atoms with Crippen LogP contribution in [0.25, 0.3) is 0 Å². The number of para-hydroxylation sites is 2. The Morgan fingerprint density at radius 2 is 1.75 bits per heavy atom. The van der Waals surface area contributed by atoms with Crippen LogP contribution in [-0.4, -0.2) is 26.6 Å². The molecule has 1 aliphatic rings. The number of fused-ring (bicyclic) bond motifs is 1. The van der Waals surface area contributed by atoms with Crippen LogP contribution >= 0.6 is 0 Å². The monoisotopic (exact) mass is 438 g/mol. The highest BCUT2D eigenvalue weighted by molar-refractivity contribution is 5.47. The van der Waals surface area contributed by atoms with Gasteiger partial charge in [-0.25, -0.2) is 0 Å². The maximum atomic E-state index is 10.3. The van der Waals surface area contributed by atoms with Gasteiger partial charge in [0, 0.05) is 12.5 Å². The Morgan fingerprint density at radius 1 is 1.09 bits per heavy atom. The molecule has 32 heavy (non-hydrogen) atoms. The Hall–Kier alpha value is -2.91. The van der Waals surface area contributed by atoms with E-state index in [1.54, 1.807) is 14.2 Å². The summed E-state index contributed by atoms with van der Waals surface area (Å²) >= 11 is 0. The Balaban J connectivity index is 1.66. The summed E-state index contributed by atoms with van der Waals surface area (Å²) in [5, 5.41) is 10.3. The molecular weight excluding hydrogens is 404 g/mol. The lowest BCUT2D eigenvalue weighted by Gasteiger charge is -2.34. The summed E-state index contributed by atoms with van der Waals surface area (Å²) in [5.41, 5.74) is 6.75. The minimum absolute atomic E-state index is 0.0759. The van der Waals surface area contributed by atoms with E-state index in [-0.39, 0.29) is 18.2 Å². The Bertz CT molecular complexity index is 917. The lowest BCUT2D eigenvalue weighted by molar-refractivity contribution is 0.0349. The average Bonchev–Trinajstić information content (AvgIpc) is 3.23. The van der Waals surface area contributed by atoms with Crippen molar-refractivity contribution in [2.75, 3.05) is 14.2 Å². The fourth-order valence-corrected chi connectivity index (χ4v) is 4.42. The Kier molecular flexibility index (Phi) is 7.87. The van der Waals surface area contributed by atoms with Crippen molar-refractivity contribution in [3.8, 4) is 29.1 Å². The zero-order valence-corrected chi connectivity index (χ0v) is 19.5. The van der Waals surface area contributed by atoms with E-state index >= 15 is 0 Å². The molecule has 1 aliphatic heterocycles. The lowest BCUT2D eigenvalue weighted by Crippen LogP contribution is -2.34.